The second kappa shape index (κ2) is 9.06. The molecule has 8 heteroatoms. The number of benzene rings is 2. The van der Waals surface area contributed by atoms with Crippen LogP contribution in [0.4, 0.5) is 0 Å². The molecule has 2 aromatic carbocycles. The average Bonchev–Trinajstić information content (AvgIpc) is 2.89. The van der Waals surface area contributed by atoms with Crippen molar-refractivity contribution in [1.29, 1.82) is 0 Å². The first-order valence-corrected chi connectivity index (χ1v) is 11.1. The summed E-state index contributed by atoms with van der Waals surface area (Å²) in [5.74, 6) is 0.439. The molecule has 176 valence electrons. The van der Waals surface area contributed by atoms with Crippen molar-refractivity contribution in [3.63, 3.8) is 0 Å². The first kappa shape index (κ1) is 22.3. The minimum absolute atomic E-state index is 0.147. The van der Waals surface area contributed by atoms with Gasteiger partial charge in [-0.1, -0.05) is 6.07 Å². The lowest BCUT2D eigenvalue weighted by atomic mass is 10.0. The number of fused-ring (bicyclic) bond motifs is 8. The molecule has 8 nitrogen and oxygen atoms in total. The third-order valence-electron chi connectivity index (χ3n) is 6.13. The van der Waals surface area contributed by atoms with Crippen LogP contribution in [-0.2, 0) is 17.9 Å². The Morgan fingerprint density at radius 2 is 1.34 bits per heavy atom. The minimum atomic E-state index is -0.322. The Balaban J connectivity index is 1.67. The highest BCUT2D eigenvalue weighted by molar-refractivity contribution is 6.11. The van der Waals surface area contributed by atoms with Crippen LogP contribution in [0.3, 0.4) is 0 Å². The Bertz CT molecular complexity index is 1380. The second-order valence-corrected chi connectivity index (χ2v) is 8.36. The average molecular weight is 469 g/mol. The molecule has 0 aliphatic carbocycles. The van der Waals surface area contributed by atoms with Crippen LogP contribution in [0.25, 0.3) is 0 Å². The smallest absolute Gasteiger partial charge is 0.249 e. The largest absolute Gasteiger partial charge is 0.496 e. The molecule has 2 aliphatic rings. The number of carbonyl (C=O) groups excluding carboxylic acids is 3. The first-order chi connectivity index (χ1) is 17.0. The fourth-order valence-electron chi connectivity index (χ4n) is 4.34. The summed E-state index contributed by atoms with van der Waals surface area (Å²) in [6, 6.07) is 15.1. The number of hydrogen-bond acceptors (Lipinski definition) is 7. The van der Waals surface area contributed by atoms with Crippen LogP contribution in [-0.4, -0.2) is 53.1 Å². The maximum absolute atomic E-state index is 13.3. The standard InChI is InChI=1S/C27H23N3O5/c1-34-23-8-6-17-12-19(23)14-29-11-10-25(31)30(16-29)15-20-13-18(7-9-24(20)35-2)27(33)22-5-3-4-21(28-22)26(17)32/h3-13H,14-16H2,1-2H3. The molecular weight excluding hydrogens is 446 g/mol. The molecule has 0 N–H and O–H groups in total. The van der Waals surface area contributed by atoms with Crippen LogP contribution in [0.1, 0.15) is 43.2 Å². The molecule has 0 radical (unpaired) electrons. The maximum Gasteiger partial charge on any atom is 0.249 e. The number of nitrogens with zero attached hydrogens (tertiary/aromatic N) is 3. The Labute approximate surface area is 202 Å². The minimum Gasteiger partial charge on any atom is -0.496 e. The van der Waals surface area contributed by atoms with Gasteiger partial charge in [-0.15, -0.1) is 0 Å². The number of amides is 1. The van der Waals surface area contributed by atoms with E-state index in [2.05, 4.69) is 4.98 Å². The second-order valence-electron chi connectivity index (χ2n) is 8.36. The summed E-state index contributed by atoms with van der Waals surface area (Å²) in [6.45, 7) is 0.999. The van der Waals surface area contributed by atoms with Gasteiger partial charge in [-0.05, 0) is 48.5 Å². The van der Waals surface area contributed by atoms with Gasteiger partial charge in [0.15, 0.2) is 0 Å². The van der Waals surface area contributed by atoms with Gasteiger partial charge in [0.2, 0.25) is 17.5 Å². The highest BCUT2D eigenvalue weighted by Crippen LogP contribution is 2.27. The van der Waals surface area contributed by atoms with Crippen molar-refractivity contribution in [2.75, 3.05) is 20.9 Å². The van der Waals surface area contributed by atoms with Gasteiger partial charge < -0.3 is 19.3 Å². The van der Waals surface area contributed by atoms with Crippen LogP contribution < -0.4 is 9.47 Å². The molecule has 3 aromatic rings. The van der Waals surface area contributed by atoms with Crippen molar-refractivity contribution in [3.05, 3.63) is 101 Å². The molecule has 3 heterocycles. The van der Waals surface area contributed by atoms with Crippen molar-refractivity contribution in [2.24, 2.45) is 0 Å². The lowest BCUT2D eigenvalue weighted by molar-refractivity contribution is -0.129. The van der Waals surface area contributed by atoms with Crippen molar-refractivity contribution >= 4 is 17.5 Å². The summed E-state index contributed by atoms with van der Waals surface area (Å²) < 4.78 is 11.0. The van der Waals surface area contributed by atoms with Crippen LogP contribution in [0.2, 0.25) is 0 Å². The Morgan fingerprint density at radius 1 is 0.771 bits per heavy atom. The zero-order valence-electron chi connectivity index (χ0n) is 19.4. The van der Waals surface area contributed by atoms with Crippen molar-refractivity contribution < 1.29 is 23.9 Å². The molecule has 1 aromatic heterocycles. The van der Waals surface area contributed by atoms with E-state index in [1.807, 2.05) is 4.90 Å². The highest BCUT2D eigenvalue weighted by Gasteiger charge is 2.24. The Morgan fingerprint density at radius 3 is 1.91 bits per heavy atom. The molecular formula is C27H23N3O5. The monoisotopic (exact) mass is 469 g/mol. The van der Waals surface area contributed by atoms with E-state index in [4.69, 9.17) is 9.47 Å². The van der Waals surface area contributed by atoms with E-state index in [9.17, 15) is 14.4 Å². The SMILES string of the molecule is COc1ccc2cc1CN1C=CC(=O)N(Cc3cc(ccc3OC)C(=O)c3cccc(n3)C2=O)C1. The lowest BCUT2D eigenvalue weighted by Gasteiger charge is -2.33. The van der Waals surface area contributed by atoms with E-state index in [1.54, 1.807) is 79.9 Å². The number of ether oxygens (including phenoxy) is 2. The Hall–Kier alpha value is -4.46. The molecule has 35 heavy (non-hydrogen) atoms. The quantitative estimate of drug-likeness (QED) is 0.570. The van der Waals surface area contributed by atoms with Crippen molar-refractivity contribution in [2.45, 2.75) is 13.1 Å². The lowest BCUT2D eigenvalue weighted by Crippen LogP contribution is -2.41. The normalized spacial score (nSPS) is 15.3. The molecule has 0 unspecified atom stereocenters. The van der Waals surface area contributed by atoms with Gasteiger partial charge in [-0.2, -0.15) is 0 Å². The van der Waals surface area contributed by atoms with Gasteiger partial charge >= 0.3 is 0 Å². The van der Waals surface area contributed by atoms with Crippen molar-refractivity contribution in [1.82, 2.24) is 14.8 Å². The number of pyridine rings is 1. The fourth-order valence-corrected chi connectivity index (χ4v) is 4.34. The molecule has 8 bridgehead atoms. The van der Waals surface area contributed by atoms with E-state index >= 15 is 0 Å². The van der Waals surface area contributed by atoms with Gasteiger partial charge in [-0.25, -0.2) is 4.98 Å². The van der Waals surface area contributed by atoms with Crippen LogP contribution in [0.15, 0.2) is 66.9 Å². The summed E-state index contributed by atoms with van der Waals surface area (Å²) in [4.78, 5) is 47.2. The van der Waals surface area contributed by atoms with Crippen LogP contribution in [0, 0.1) is 0 Å². The predicted molar refractivity (Wildman–Crippen MR) is 127 cm³/mol. The topological polar surface area (TPSA) is 89.0 Å². The third-order valence-corrected chi connectivity index (χ3v) is 6.13. The molecule has 0 atom stereocenters. The highest BCUT2D eigenvalue weighted by atomic mass is 16.5. The van der Waals surface area contributed by atoms with Gasteiger partial charge in [0.1, 0.15) is 22.9 Å². The van der Waals surface area contributed by atoms with Crippen LogP contribution in [0.5, 0.6) is 11.5 Å². The van der Waals surface area contributed by atoms with E-state index in [-0.39, 0.29) is 35.4 Å². The first-order valence-electron chi connectivity index (χ1n) is 11.1. The molecule has 5 rings (SSSR count). The molecule has 1 amide bonds. The number of methoxy groups -OCH3 is 2. The van der Waals surface area contributed by atoms with E-state index < -0.39 is 0 Å². The molecule has 0 saturated carbocycles. The Kier molecular flexibility index (Phi) is 5.78. The molecule has 2 aliphatic heterocycles. The van der Waals surface area contributed by atoms with Gasteiger partial charge in [0.05, 0.1) is 27.4 Å². The number of rotatable bonds is 2. The zero-order chi connectivity index (χ0) is 24.5. The summed E-state index contributed by atoms with van der Waals surface area (Å²) in [5.41, 5.74) is 2.66. The molecule has 0 spiro atoms. The van der Waals surface area contributed by atoms with Gasteiger partial charge in [0.25, 0.3) is 0 Å². The zero-order valence-corrected chi connectivity index (χ0v) is 19.4. The van der Waals surface area contributed by atoms with Gasteiger partial charge in [0, 0.05) is 41.1 Å². The summed E-state index contributed by atoms with van der Waals surface area (Å²) in [5, 5.41) is 0. The van der Waals surface area contributed by atoms with E-state index in [1.165, 1.54) is 6.08 Å². The summed E-state index contributed by atoms with van der Waals surface area (Å²) in [6.07, 6.45) is 3.24. The molecule has 0 saturated heterocycles. The predicted octanol–water partition coefficient (Wildman–Crippen LogP) is 3.19. The number of aromatic nitrogens is 1. The summed E-state index contributed by atoms with van der Waals surface area (Å²) in [7, 11) is 3.12. The number of carbonyl (C=O) groups is 3. The van der Waals surface area contributed by atoms with Crippen molar-refractivity contribution in [3.8, 4) is 11.5 Å². The molecule has 0 fully saturated rings. The number of hydrogen-bond donors (Lipinski definition) is 0. The van der Waals surface area contributed by atoms with E-state index in [0.717, 1.165) is 5.56 Å². The van der Waals surface area contributed by atoms with Gasteiger partial charge in [-0.3, -0.25) is 14.4 Å². The third kappa shape index (κ3) is 4.26. The van der Waals surface area contributed by atoms with E-state index in [0.29, 0.717) is 41.4 Å². The summed E-state index contributed by atoms with van der Waals surface area (Å²) >= 11 is 0. The number of ketones is 2. The fraction of sp³-hybridized carbons (Fsp3) is 0.185. The van der Waals surface area contributed by atoms with Crippen LogP contribution >= 0.6 is 0 Å². The maximum atomic E-state index is 13.3.